The summed E-state index contributed by atoms with van der Waals surface area (Å²) in [6.45, 7) is 2.81. The number of aryl methyl sites for hydroxylation is 1. The SMILES string of the molecule is COc1cc(C)ccc1OCC1(CS)CCCCCC1. The zero-order chi connectivity index (χ0) is 14.4. The molecule has 0 unspecified atom stereocenters. The summed E-state index contributed by atoms with van der Waals surface area (Å²) in [7, 11) is 1.70. The predicted octanol–water partition coefficient (Wildman–Crippen LogP) is 4.65. The average molecular weight is 294 g/mol. The maximum absolute atomic E-state index is 6.10. The number of benzene rings is 1. The lowest BCUT2D eigenvalue weighted by Gasteiger charge is -2.31. The Morgan fingerprint density at radius 1 is 1.10 bits per heavy atom. The van der Waals surface area contributed by atoms with E-state index in [1.807, 2.05) is 12.1 Å². The van der Waals surface area contributed by atoms with Gasteiger partial charge in [-0.3, -0.25) is 0 Å². The highest BCUT2D eigenvalue weighted by Crippen LogP contribution is 2.38. The van der Waals surface area contributed by atoms with E-state index < -0.39 is 0 Å². The standard InChI is InChI=1S/C17H26O2S/c1-14-7-8-15(16(11-14)18-2)19-12-17(13-20)9-5-3-4-6-10-17/h7-8,11,20H,3-6,9-10,12-13H2,1-2H3. The van der Waals surface area contributed by atoms with Crippen LogP contribution in [0.3, 0.4) is 0 Å². The van der Waals surface area contributed by atoms with Crippen LogP contribution in [0.4, 0.5) is 0 Å². The largest absolute Gasteiger partial charge is 0.493 e. The maximum atomic E-state index is 6.10. The van der Waals surface area contributed by atoms with Gasteiger partial charge in [0.05, 0.1) is 13.7 Å². The molecule has 1 aromatic carbocycles. The molecule has 0 bridgehead atoms. The van der Waals surface area contributed by atoms with Crippen LogP contribution in [0, 0.1) is 12.3 Å². The molecule has 1 aliphatic rings. The molecule has 0 saturated heterocycles. The fourth-order valence-electron chi connectivity index (χ4n) is 2.95. The summed E-state index contributed by atoms with van der Waals surface area (Å²) in [6.07, 6.45) is 7.76. The molecule has 1 saturated carbocycles. The van der Waals surface area contributed by atoms with Crippen LogP contribution in [0.1, 0.15) is 44.1 Å². The number of methoxy groups -OCH3 is 1. The van der Waals surface area contributed by atoms with Gasteiger partial charge in [-0.1, -0.05) is 31.7 Å². The quantitative estimate of drug-likeness (QED) is 0.629. The molecule has 0 atom stereocenters. The van der Waals surface area contributed by atoms with Gasteiger partial charge < -0.3 is 9.47 Å². The maximum Gasteiger partial charge on any atom is 0.161 e. The van der Waals surface area contributed by atoms with Gasteiger partial charge in [0.25, 0.3) is 0 Å². The highest BCUT2D eigenvalue weighted by Gasteiger charge is 2.30. The predicted molar refractivity (Wildman–Crippen MR) is 87.2 cm³/mol. The van der Waals surface area contributed by atoms with Gasteiger partial charge >= 0.3 is 0 Å². The van der Waals surface area contributed by atoms with Gasteiger partial charge in [0.15, 0.2) is 11.5 Å². The van der Waals surface area contributed by atoms with E-state index in [0.29, 0.717) is 0 Å². The number of hydrogen-bond donors (Lipinski definition) is 1. The van der Waals surface area contributed by atoms with E-state index >= 15 is 0 Å². The Morgan fingerprint density at radius 2 is 1.80 bits per heavy atom. The molecule has 1 aromatic rings. The van der Waals surface area contributed by atoms with Crippen molar-refractivity contribution in [2.24, 2.45) is 5.41 Å². The first-order valence-corrected chi connectivity index (χ1v) is 8.21. The van der Waals surface area contributed by atoms with Gasteiger partial charge in [-0.15, -0.1) is 0 Å². The first-order chi connectivity index (χ1) is 9.69. The molecule has 0 aliphatic heterocycles. The first kappa shape index (κ1) is 15.6. The van der Waals surface area contributed by atoms with Crippen molar-refractivity contribution in [3.8, 4) is 11.5 Å². The summed E-state index contributed by atoms with van der Waals surface area (Å²) in [6, 6.07) is 6.10. The summed E-state index contributed by atoms with van der Waals surface area (Å²) < 4.78 is 11.5. The third kappa shape index (κ3) is 3.85. The second kappa shape index (κ2) is 7.26. The molecular formula is C17H26O2S. The third-order valence-electron chi connectivity index (χ3n) is 4.35. The zero-order valence-corrected chi connectivity index (χ0v) is 13.5. The van der Waals surface area contributed by atoms with E-state index in [-0.39, 0.29) is 5.41 Å². The Kier molecular flexibility index (Phi) is 5.64. The molecule has 0 amide bonds. The molecule has 112 valence electrons. The summed E-state index contributed by atoms with van der Waals surface area (Å²) in [5, 5.41) is 0. The number of hydrogen-bond acceptors (Lipinski definition) is 3. The second-order valence-electron chi connectivity index (χ2n) is 6.02. The molecular weight excluding hydrogens is 268 g/mol. The smallest absolute Gasteiger partial charge is 0.161 e. The van der Waals surface area contributed by atoms with E-state index in [0.717, 1.165) is 23.9 Å². The van der Waals surface area contributed by atoms with Crippen LogP contribution < -0.4 is 9.47 Å². The summed E-state index contributed by atoms with van der Waals surface area (Å²) in [4.78, 5) is 0. The zero-order valence-electron chi connectivity index (χ0n) is 12.7. The lowest BCUT2D eigenvalue weighted by molar-refractivity contribution is 0.144. The van der Waals surface area contributed by atoms with Crippen LogP contribution in [-0.2, 0) is 0 Å². The Labute approximate surface area is 128 Å². The number of ether oxygens (including phenoxy) is 2. The lowest BCUT2D eigenvalue weighted by atomic mass is 9.83. The van der Waals surface area contributed by atoms with Gasteiger partial charge in [0, 0.05) is 5.41 Å². The Hall–Kier alpha value is -0.830. The van der Waals surface area contributed by atoms with Crippen molar-refractivity contribution in [2.45, 2.75) is 45.4 Å². The van der Waals surface area contributed by atoms with Gasteiger partial charge in [-0.25, -0.2) is 0 Å². The van der Waals surface area contributed by atoms with E-state index in [1.54, 1.807) is 7.11 Å². The van der Waals surface area contributed by atoms with Crippen molar-refractivity contribution in [1.29, 1.82) is 0 Å². The molecule has 3 heteroatoms. The number of thiol groups is 1. The van der Waals surface area contributed by atoms with Gasteiger partial charge in [-0.05, 0) is 43.2 Å². The summed E-state index contributed by atoms with van der Waals surface area (Å²) in [5.74, 6) is 2.58. The van der Waals surface area contributed by atoms with Crippen molar-refractivity contribution in [1.82, 2.24) is 0 Å². The highest BCUT2D eigenvalue weighted by molar-refractivity contribution is 7.80. The van der Waals surface area contributed by atoms with Crippen LogP contribution in [0.5, 0.6) is 11.5 Å². The topological polar surface area (TPSA) is 18.5 Å². The molecule has 0 radical (unpaired) electrons. The summed E-state index contributed by atoms with van der Waals surface area (Å²) in [5.41, 5.74) is 1.42. The molecule has 2 nitrogen and oxygen atoms in total. The molecule has 1 aliphatic carbocycles. The number of rotatable bonds is 5. The highest BCUT2D eigenvalue weighted by atomic mass is 32.1. The van der Waals surface area contributed by atoms with Gasteiger partial charge in [0.2, 0.25) is 0 Å². The molecule has 20 heavy (non-hydrogen) atoms. The van der Waals surface area contributed by atoms with Crippen LogP contribution in [0.25, 0.3) is 0 Å². The molecule has 0 heterocycles. The molecule has 0 spiro atoms. The third-order valence-corrected chi connectivity index (χ3v) is 5.02. The van der Waals surface area contributed by atoms with E-state index in [2.05, 4.69) is 25.6 Å². The minimum Gasteiger partial charge on any atom is -0.493 e. The fourth-order valence-corrected chi connectivity index (χ4v) is 3.36. The average Bonchev–Trinajstić information content (AvgIpc) is 2.72. The molecule has 2 rings (SSSR count). The minimum atomic E-state index is 0.232. The monoisotopic (exact) mass is 294 g/mol. The Bertz CT molecular complexity index is 423. The molecule has 0 aromatic heterocycles. The van der Waals surface area contributed by atoms with E-state index in [9.17, 15) is 0 Å². The van der Waals surface area contributed by atoms with Crippen molar-refractivity contribution in [3.05, 3.63) is 23.8 Å². The van der Waals surface area contributed by atoms with Gasteiger partial charge in [0.1, 0.15) is 0 Å². The molecule has 0 N–H and O–H groups in total. The van der Waals surface area contributed by atoms with Crippen molar-refractivity contribution in [2.75, 3.05) is 19.5 Å². The molecule has 1 fully saturated rings. The Balaban J connectivity index is 2.05. The Morgan fingerprint density at radius 3 is 2.40 bits per heavy atom. The first-order valence-electron chi connectivity index (χ1n) is 7.57. The lowest BCUT2D eigenvalue weighted by Crippen LogP contribution is -2.30. The normalized spacial score (nSPS) is 18.4. The van der Waals surface area contributed by atoms with Crippen LogP contribution >= 0.6 is 12.6 Å². The van der Waals surface area contributed by atoms with Crippen molar-refractivity contribution >= 4 is 12.6 Å². The van der Waals surface area contributed by atoms with E-state index in [4.69, 9.17) is 9.47 Å². The second-order valence-corrected chi connectivity index (χ2v) is 6.33. The van der Waals surface area contributed by atoms with Crippen LogP contribution in [0.15, 0.2) is 18.2 Å². The van der Waals surface area contributed by atoms with Crippen LogP contribution in [0.2, 0.25) is 0 Å². The van der Waals surface area contributed by atoms with Gasteiger partial charge in [-0.2, -0.15) is 12.6 Å². The van der Waals surface area contributed by atoms with Crippen LogP contribution in [-0.4, -0.2) is 19.5 Å². The minimum absolute atomic E-state index is 0.232. The summed E-state index contributed by atoms with van der Waals surface area (Å²) >= 11 is 4.60. The van der Waals surface area contributed by atoms with Crippen molar-refractivity contribution < 1.29 is 9.47 Å². The fraction of sp³-hybridized carbons (Fsp3) is 0.647. The van der Waals surface area contributed by atoms with Crippen molar-refractivity contribution in [3.63, 3.8) is 0 Å². The van der Waals surface area contributed by atoms with E-state index in [1.165, 1.54) is 44.1 Å².